The van der Waals surface area contributed by atoms with Crippen molar-refractivity contribution in [2.24, 2.45) is 0 Å². The molecule has 20 heavy (non-hydrogen) atoms. The number of hydrogen-bond donors (Lipinski definition) is 1. The minimum Gasteiger partial charge on any atom is -0.398 e. The van der Waals surface area contributed by atoms with Crippen molar-refractivity contribution in [2.45, 2.75) is 45.8 Å². The van der Waals surface area contributed by atoms with Gasteiger partial charge in [-0.3, -0.25) is 9.78 Å². The fraction of sp³-hybridized carbons (Fsp3) is 0.571. The third-order valence-electron chi connectivity index (χ3n) is 4.19. The van der Waals surface area contributed by atoms with Gasteiger partial charge in [0.05, 0.1) is 16.8 Å². The highest BCUT2D eigenvalue weighted by atomic mass is 16.7. The van der Waals surface area contributed by atoms with Gasteiger partial charge in [0, 0.05) is 18.8 Å². The molecule has 0 bridgehead atoms. The van der Waals surface area contributed by atoms with Crippen molar-refractivity contribution in [1.82, 2.24) is 10.3 Å². The Balaban J connectivity index is 2.39. The first-order valence-corrected chi connectivity index (χ1v) is 6.73. The number of hydrogen-bond acceptors (Lipinski definition) is 4. The van der Waals surface area contributed by atoms with Crippen molar-refractivity contribution in [2.75, 3.05) is 7.05 Å². The van der Waals surface area contributed by atoms with Gasteiger partial charge in [0.15, 0.2) is 0 Å². The number of pyridine rings is 1. The number of nitrogens with one attached hydrogen (secondary N) is 1. The highest BCUT2D eigenvalue weighted by Gasteiger charge is 2.52. The zero-order valence-electron chi connectivity index (χ0n) is 12.9. The van der Waals surface area contributed by atoms with Crippen LogP contribution in [0.15, 0.2) is 12.3 Å². The molecule has 1 aliphatic heterocycles. The Kier molecular flexibility index (Phi) is 3.65. The second-order valence-corrected chi connectivity index (χ2v) is 6.04. The first kappa shape index (κ1) is 15.0. The molecule has 5 nitrogen and oxygen atoms in total. The molecule has 0 atom stereocenters. The molecular formula is C14H21BN2O3. The maximum atomic E-state index is 11.8. The van der Waals surface area contributed by atoms with Crippen LogP contribution in [-0.4, -0.2) is 36.3 Å². The molecule has 1 fully saturated rings. The van der Waals surface area contributed by atoms with Gasteiger partial charge in [-0.05, 0) is 46.2 Å². The van der Waals surface area contributed by atoms with Gasteiger partial charge < -0.3 is 14.6 Å². The predicted octanol–water partition coefficient (Wildman–Crippen LogP) is 1.05. The molecule has 6 heteroatoms. The van der Waals surface area contributed by atoms with E-state index in [1.54, 1.807) is 19.3 Å². The summed E-state index contributed by atoms with van der Waals surface area (Å²) in [5.41, 5.74) is 1.19. The Labute approximate surface area is 120 Å². The summed E-state index contributed by atoms with van der Waals surface area (Å²) in [6, 6.07) is 1.70. The van der Waals surface area contributed by atoms with Crippen LogP contribution in [0.4, 0.5) is 0 Å². The lowest BCUT2D eigenvalue weighted by Crippen LogP contribution is -2.41. The summed E-state index contributed by atoms with van der Waals surface area (Å²) >= 11 is 0. The Morgan fingerprint density at radius 1 is 1.25 bits per heavy atom. The summed E-state index contributed by atoms with van der Waals surface area (Å²) < 4.78 is 12.0. The summed E-state index contributed by atoms with van der Waals surface area (Å²) in [7, 11) is 1.06. The normalized spacial score (nSPS) is 20.0. The van der Waals surface area contributed by atoms with Gasteiger partial charge >= 0.3 is 7.12 Å². The zero-order chi connectivity index (χ0) is 15.1. The molecular weight excluding hydrogens is 255 g/mol. The maximum Gasteiger partial charge on any atom is 0.514 e. The summed E-state index contributed by atoms with van der Waals surface area (Å²) in [4.78, 5) is 16.2. The number of amides is 1. The second kappa shape index (κ2) is 4.86. The fourth-order valence-corrected chi connectivity index (χ4v) is 2.12. The quantitative estimate of drug-likeness (QED) is 0.820. The van der Waals surface area contributed by atoms with Crippen LogP contribution in [-0.2, 0) is 9.31 Å². The molecule has 1 amide bonds. The second-order valence-electron chi connectivity index (χ2n) is 6.04. The number of nitrogens with zero attached hydrogens (tertiary/aromatic N) is 1. The molecule has 1 aliphatic rings. The van der Waals surface area contributed by atoms with Crippen molar-refractivity contribution < 1.29 is 14.1 Å². The molecule has 0 saturated carbocycles. The van der Waals surface area contributed by atoms with E-state index in [4.69, 9.17) is 9.31 Å². The van der Waals surface area contributed by atoms with E-state index >= 15 is 0 Å². The Morgan fingerprint density at radius 3 is 2.30 bits per heavy atom. The Hall–Kier alpha value is -1.40. The smallest absolute Gasteiger partial charge is 0.398 e. The molecule has 0 aromatic carbocycles. The molecule has 0 aliphatic carbocycles. The standard InChI is InChI=1S/C14H21BN2O3/c1-9-10(12(18)16-6)7-8-17-11(9)15-19-13(2,3)14(4,5)20-15/h7-8H,1-6H3,(H,16,18). The number of aromatic nitrogens is 1. The van der Waals surface area contributed by atoms with Crippen LogP contribution < -0.4 is 10.9 Å². The average Bonchev–Trinajstić information content (AvgIpc) is 2.57. The SMILES string of the molecule is CNC(=O)c1ccnc(B2OC(C)(C)C(C)(C)O2)c1C. The van der Waals surface area contributed by atoms with E-state index in [1.807, 2.05) is 34.6 Å². The van der Waals surface area contributed by atoms with Crippen LogP contribution in [0.25, 0.3) is 0 Å². The molecule has 1 aromatic rings. The third kappa shape index (κ3) is 2.34. The van der Waals surface area contributed by atoms with Gasteiger partial charge in [-0.2, -0.15) is 0 Å². The van der Waals surface area contributed by atoms with E-state index in [2.05, 4.69) is 10.3 Å². The summed E-state index contributed by atoms with van der Waals surface area (Å²) in [5, 5.41) is 2.62. The summed E-state index contributed by atoms with van der Waals surface area (Å²) in [6.07, 6.45) is 1.61. The van der Waals surface area contributed by atoms with E-state index < -0.39 is 18.3 Å². The van der Waals surface area contributed by atoms with Gasteiger partial charge in [0.25, 0.3) is 5.91 Å². The van der Waals surface area contributed by atoms with Gasteiger partial charge in [0.2, 0.25) is 0 Å². The minimum atomic E-state index is -0.551. The maximum absolute atomic E-state index is 11.8. The molecule has 1 aromatic heterocycles. The summed E-state index contributed by atoms with van der Waals surface area (Å²) in [6.45, 7) is 9.82. The van der Waals surface area contributed by atoms with Gasteiger partial charge in [-0.1, -0.05) is 0 Å². The number of carbonyl (C=O) groups is 1. The Bertz CT molecular complexity index is 527. The topological polar surface area (TPSA) is 60.5 Å². The van der Waals surface area contributed by atoms with Crippen LogP contribution in [0, 0.1) is 6.92 Å². The monoisotopic (exact) mass is 276 g/mol. The molecule has 1 saturated heterocycles. The molecule has 0 spiro atoms. The Morgan fingerprint density at radius 2 is 1.80 bits per heavy atom. The molecule has 2 heterocycles. The van der Waals surface area contributed by atoms with Crippen molar-refractivity contribution in [3.05, 3.63) is 23.4 Å². The molecule has 1 N–H and O–H groups in total. The zero-order valence-corrected chi connectivity index (χ0v) is 12.9. The van der Waals surface area contributed by atoms with Crippen LogP contribution in [0.2, 0.25) is 0 Å². The van der Waals surface area contributed by atoms with E-state index in [1.165, 1.54) is 0 Å². The highest BCUT2D eigenvalue weighted by molar-refractivity contribution is 6.61. The number of rotatable bonds is 2. The van der Waals surface area contributed by atoms with Crippen molar-refractivity contribution >= 4 is 18.6 Å². The minimum absolute atomic E-state index is 0.136. The van der Waals surface area contributed by atoms with E-state index in [0.717, 1.165) is 5.56 Å². The van der Waals surface area contributed by atoms with Crippen molar-refractivity contribution in [3.8, 4) is 0 Å². The van der Waals surface area contributed by atoms with Crippen molar-refractivity contribution in [1.29, 1.82) is 0 Å². The van der Waals surface area contributed by atoms with Crippen LogP contribution in [0.5, 0.6) is 0 Å². The molecule has 0 radical (unpaired) electrons. The van der Waals surface area contributed by atoms with Gasteiger partial charge in [-0.15, -0.1) is 0 Å². The lowest BCUT2D eigenvalue weighted by molar-refractivity contribution is 0.00578. The van der Waals surface area contributed by atoms with Gasteiger partial charge in [0.1, 0.15) is 0 Å². The third-order valence-corrected chi connectivity index (χ3v) is 4.19. The lowest BCUT2D eigenvalue weighted by atomic mass is 9.80. The molecule has 0 unspecified atom stereocenters. The number of carbonyl (C=O) groups excluding carboxylic acids is 1. The molecule has 108 valence electrons. The van der Waals surface area contributed by atoms with E-state index in [-0.39, 0.29) is 5.91 Å². The highest BCUT2D eigenvalue weighted by Crippen LogP contribution is 2.36. The first-order chi connectivity index (χ1) is 9.19. The van der Waals surface area contributed by atoms with Crippen LogP contribution in [0.1, 0.15) is 43.6 Å². The van der Waals surface area contributed by atoms with E-state index in [0.29, 0.717) is 11.2 Å². The van der Waals surface area contributed by atoms with Gasteiger partial charge in [-0.25, -0.2) is 0 Å². The van der Waals surface area contributed by atoms with Crippen LogP contribution >= 0.6 is 0 Å². The average molecular weight is 276 g/mol. The van der Waals surface area contributed by atoms with E-state index in [9.17, 15) is 4.79 Å². The summed E-state index contributed by atoms with van der Waals surface area (Å²) in [5.74, 6) is -0.136. The van der Waals surface area contributed by atoms with Crippen LogP contribution in [0.3, 0.4) is 0 Å². The van der Waals surface area contributed by atoms with Crippen molar-refractivity contribution in [3.63, 3.8) is 0 Å². The fourth-order valence-electron chi connectivity index (χ4n) is 2.12. The molecule has 2 rings (SSSR count). The lowest BCUT2D eigenvalue weighted by Gasteiger charge is -2.32. The predicted molar refractivity (Wildman–Crippen MR) is 78.1 cm³/mol. The largest absolute Gasteiger partial charge is 0.514 e. The first-order valence-electron chi connectivity index (χ1n) is 6.73.